The van der Waals surface area contributed by atoms with Crippen molar-refractivity contribution >= 4 is 11.6 Å². The Morgan fingerprint density at radius 2 is 1.74 bits per heavy atom. The van der Waals surface area contributed by atoms with Gasteiger partial charge in [-0.15, -0.1) is 10.2 Å². The van der Waals surface area contributed by atoms with Crippen molar-refractivity contribution in [3.63, 3.8) is 0 Å². The number of hydrogen-bond donors (Lipinski definition) is 1. The maximum Gasteiger partial charge on any atom is 0.416 e. The summed E-state index contributed by atoms with van der Waals surface area (Å²) in [7, 11) is 0. The topological polar surface area (TPSA) is 90.8 Å². The van der Waals surface area contributed by atoms with E-state index in [0.29, 0.717) is 22.8 Å². The average molecular weight is 493 g/mol. The standard InChI is InChI=1S/C22H20ClF3N6O2/c1-2-19-27-18(28-32(19)16-6-4-3-5-7-16)13-31-21(34)30(12-17(33)22(24,25)26)20(29-31)14-8-10-15(23)11-9-14/h3-11,17,33H,2,12-13H2,1H3/t17-/m0/s1. The van der Waals surface area contributed by atoms with Gasteiger partial charge in [-0.2, -0.15) is 13.2 Å². The smallest absolute Gasteiger partial charge is 0.382 e. The number of rotatable bonds is 7. The van der Waals surface area contributed by atoms with Crippen molar-refractivity contribution in [1.82, 2.24) is 29.1 Å². The lowest BCUT2D eigenvalue weighted by Gasteiger charge is -2.15. The summed E-state index contributed by atoms with van der Waals surface area (Å²) in [4.78, 5) is 17.5. The Hall–Kier alpha value is -3.44. The van der Waals surface area contributed by atoms with Crippen LogP contribution < -0.4 is 5.69 Å². The van der Waals surface area contributed by atoms with E-state index in [4.69, 9.17) is 11.6 Å². The Balaban J connectivity index is 1.74. The van der Waals surface area contributed by atoms with Crippen molar-refractivity contribution in [1.29, 1.82) is 0 Å². The SMILES string of the molecule is CCc1nc(Cn2nc(-c3ccc(Cl)cc3)n(C[C@H](O)C(F)(F)F)c2=O)nn1-c1ccccc1. The lowest BCUT2D eigenvalue weighted by molar-refractivity contribution is -0.207. The number of benzene rings is 2. The van der Waals surface area contributed by atoms with Gasteiger partial charge in [-0.1, -0.05) is 36.7 Å². The molecule has 12 heteroatoms. The number of aliphatic hydroxyl groups is 1. The number of nitrogens with zero attached hydrogens (tertiary/aromatic N) is 6. The quantitative estimate of drug-likeness (QED) is 0.426. The third kappa shape index (κ3) is 4.90. The molecule has 0 bridgehead atoms. The second kappa shape index (κ2) is 9.43. The van der Waals surface area contributed by atoms with Crippen LogP contribution in [0.25, 0.3) is 17.1 Å². The summed E-state index contributed by atoms with van der Waals surface area (Å²) in [6.07, 6.45) is -7.07. The molecule has 0 aliphatic rings. The van der Waals surface area contributed by atoms with Gasteiger partial charge in [-0.25, -0.2) is 19.1 Å². The molecule has 2 aromatic carbocycles. The van der Waals surface area contributed by atoms with Gasteiger partial charge in [0.15, 0.2) is 17.8 Å². The molecule has 0 spiro atoms. The summed E-state index contributed by atoms with van der Waals surface area (Å²) < 4.78 is 42.5. The highest BCUT2D eigenvalue weighted by atomic mass is 35.5. The highest BCUT2D eigenvalue weighted by molar-refractivity contribution is 6.30. The molecular weight excluding hydrogens is 473 g/mol. The minimum atomic E-state index is -4.90. The van der Waals surface area contributed by atoms with Crippen molar-refractivity contribution in [2.24, 2.45) is 0 Å². The molecule has 0 unspecified atom stereocenters. The number of aromatic nitrogens is 6. The Bertz CT molecular complexity index is 1330. The first-order valence-corrected chi connectivity index (χ1v) is 10.7. The van der Waals surface area contributed by atoms with Gasteiger partial charge in [-0.05, 0) is 36.4 Å². The minimum absolute atomic E-state index is 0.0387. The summed E-state index contributed by atoms with van der Waals surface area (Å²) >= 11 is 5.91. The number of para-hydroxylation sites is 1. The van der Waals surface area contributed by atoms with Crippen LogP contribution in [0.5, 0.6) is 0 Å². The van der Waals surface area contributed by atoms with Gasteiger partial charge < -0.3 is 5.11 Å². The first kappa shape index (κ1) is 23.7. The molecule has 0 radical (unpaired) electrons. The lowest BCUT2D eigenvalue weighted by Crippen LogP contribution is -2.37. The largest absolute Gasteiger partial charge is 0.416 e. The molecule has 0 amide bonds. The van der Waals surface area contributed by atoms with Crippen LogP contribution in [0.1, 0.15) is 18.6 Å². The van der Waals surface area contributed by atoms with Crippen LogP contribution in [0.3, 0.4) is 0 Å². The normalized spacial score (nSPS) is 12.8. The van der Waals surface area contributed by atoms with Gasteiger partial charge in [0.2, 0.25) is 0 Å². The predicted molar refractivity (Wildman–Crippen MR) is 119 cm³/mol. The van der Waals surface area contributed by atoms with Crippen molar-refractivity contribution in [3.8, 4) is 17.1 Å². The van der Waals surface area contributed by atoms with Crippen molar-refractivity contribution in [2.75, 3.05) is 0 Å². The molecule has 1 atom stereocenters. The second-order valence-corrected chi connectivity index (χ2v) is 7.92. The zero-order chi connectivity index (χ0) is 24.5. The molecule has 0 aliphatic carbocycles. The molecule has 178 valence electrons. The lowest BCUT2D eigenvalue weighted by atomic mass is 10.2. The van der Waals surface area contributed by atoms with Crippen LogP contribution in [0.4, 0.5) is 13.2 Å². The van der Waals surface area contributed by atoms with E-state index in [1.807, 2.05) is 37.3 Å². The first-order valence-electron chi connectivity index (χ1n) is 10.4. The van der Waals surface area contributed by atoms with Crippen LogP contribution in [0.2, 0.25) is 5.02 Å². The molecule has 0 saturated heterocycles. The number of alkyl halides is 3. The van der Waals surface area contributed by atoms with Crippen LogP contribution in [-0.4, -0.2) is 46.5 Å². The van der Waals surface area contributed by atoms with E-state index in [1.54, 1.807) is 4.68 Å². The zero-order valence-corrected chi connectivity index (χ0v) is 18.7. The second-order valence-electron chi connectivity index (χ2n) is 7.48. The van der Waals surface area contributed by atoms with Crippen LogP contribution in [0, 0.1) is 0 Å². The monoisotopic (exact) mass is 492 g/mol. The molecule has 4 rings (SSSR count). The van der Waals surface area contributed by atoms with Gasteiger partial charge in [0, 0.05) is 17.0 Å². The fourth-order valence-corrected chi connectivity index (χ4v) is 3.52. The molecule has 2 aromatic heterocycles. The Morgan fingerprint density at radius 1 is 1.06 bits per heavy atom. The molecule has 34 heavy (non-hydrogen) atoms. The van der Waals surface area contributed by atoms with E-state index in [1.165, 1.54) is 24.3 Å². The Morgan fingerprint density at radius 3 is 2.35 bits per heavy atom. The summed E-state index contributed by atoms with van der Waals surface area (Å²) in [5.74, 6) is 0.883. The van der Waals surface area contributed by atoms with Gasteiger partial charge in [0.05, 0.1) is 12.2 Å². The molecule has 8 nitrogen and oxygen atoms in total. The third-order valence-corrected chi connectivity index (χ3v) is 5.34. The third-order valence-electron chi connectivity index (χ3n) is 5.08. The van der Waals surface area contributed by atoms with E-state index < -0.39 is 24.5 Å². The van der Waals surface area contributed by atoms with Gasteiger partial charge in [0.25, 0.3) is 0 Å². The number of halogens is 4. The zero-order valence-electron chi connectivity index (χ0n) is 17.9. The summed E-state index contributed by atoms with van der Waals surface area (Å²) in [6, 6.07) is 15.4. The van der Waals surface area contributed by atoms with Gasteiger partial charge >= 0.3 is 11.9 Å². The van der Waals surface area contributed by atoms with Crippen molar-refractivity contribution in [2.45, 2.75) is 38.7 Å². The maximum atomic E-state index is 13.0. The van der Waals surface area contributed by atoms with E-state index in [9.17, 15) is 23.1 Å². The maximum absolute atomic E-state index is 13.0. The van der Waals surface area contributed by atoms with Gasteiger partial charge in [-0.3, -0.25) is 4.57 Å². The molecule has 1 N–H and O–H groups in total. The average Bonchev–Trinajstić information content (AvgIpc) is 3.36. The molecule has 0 saturated carbocycles. The molecule has 0 aliphatic heterocycles. The van der Waals surface area contributed by atoms with Gasteiger partial charge in [0.1, 0.15) is 12.4 Å². The van der Waals surface area contributed by atoms with E-state index in [0.717, 1.165) is 14.9 Å². The molecule has 2 heterocycles. The highest BCUT2D eigenvalue weighted by Crippen LogP contribution is 2.24. The molecular formula is C22H20ClF3N6O2. The van der Waals surface area contributed by atoms with Crippen molar-refractivity contribution < 1.29 is 18.3 Å². The van der Waals surface area contributed by atoms with E-state index in [-0.39, 0.29) is 18.2 Å². The Labute approximate surface area is 196 Å². The first-order chi connectivity index (χ1) is 16.2. The molecule has 4 aromatic rings. The predicted octanol–water partition coefficient (Wildman–Crippen LogP) is 3.48. The highest BCUT2D eigenvalue weighted by Gasteiger charge is 2.39. The van der Waals surface area contributed by atoms with E-state index >= 15 is 0 Å². The minimum Gasteiger partial charge on any atom is -0.382 e. The van der Waals surface area contributed by atoms with E-state index in [2.05, 4.69) is 15.2 Å². The number of hydrogen-bond acceptors (Lipinski definition) is 5. The summed E-state index contributed by atoms with van der Waals surface area (Å²) in [5, 5.41) is 18.7. The Kier molecular flexibility index (Phi) is 6.58. The molecule has 0 fully saturated rings. The van der Waals surface area contributed by atoms with Crippen LogP contribution in [0.15, 0.2) is 59.4 Å². The fraction of sp³-hybridized carbons (Fsp3) is 0.273. The fourth-order valence-electron chi connectivity index (χ4n) is 3.40. The number of aliphatic hydroxyl groups excluding tert-OH is 1. The van der Waals surface area contributed by atoms with Crippen LogP contribution >= 0.6 is 11.6 Å². The summed E-state index contributed by atoms with van der Waals surface area (Å²) in [5.41, 5.74) is 0.320. The summed E-state index contributed by atoms with van der Waals surface area (Å²) in [6.45, 7) is 0.735. The van der Waals surface area contributed by atoms with Crippen molar-refractivity contribution in [3.05, 3.63) is 81.8 Å². The number of aryl methyl sites for hydroxylation is 1. The van der Waals surface area contributed by atoms with Crippen LogP contribution in [-0.2, 0) is 19.5 Å².